The Labute approximate surface area is 122 Å². The third-order valence-corrected chi connectivity index (χ3v) is 3.23. The van der Waals surface area contributed by atoms with Gasteiger partial charge < -0.3 is 5.11 Å². The van der Waals surface area contributed by atoms with E-state index in [-0.39, 0.29) is 0 Å². The molecule has 0 aromatic heterocycles. The maximum atomic E-state index is 13.1. The van der Waals surface area contributed by atoms with Gasteiger partial charge in [0.25, 0.3) is 5.12 Å². The standard InChI is InChI=1S/C11H5F7O3S/c12-9(13,10(14,15)11(16,17)18)8(21)22-6-3-1-2-5(4-6)7(19)20/h1-4H,(H,19,20). The predicted molar refractivity (Wildman–Crippen MR) is 60.2 cm³/mol. The van der Waals surface area contributed by atoms with E-state index in [1.165, 1.54) is 0 Å². The minimum absolute atomic E-state index is 0.455. The largest absolute Gasteiger partial charge is 0.478 e. The molecule has 1 aromatic rings. The second-order valence-corrected chi connectivity index (χ2v) is 4.92. The van der Waals surface area contributed by atoms with Crippen LogP contribution in [0.25, 0.3) is 0 Å². The van der Waals surface area contributed by atoms with Gasteiger partial charge in [0, 0.05) is 4.90 Å². The van der Waals surface area contributed by atoms with Gasteiger partial charge in [-0.15, -0.1) is 0 Å². The van der Waals surface area contributed by atoms with Crippen LogP contribution in [0, 0.1) is 0 Å². The van der Waals surface area contributed by atoms with Gasteiger partial charge in [-0.3, -0.25) is 4.79 Å². The molecule has 1 aromatic carbocycles. The van der Waals surface area contributed by atoms with Crippen molar-refractivity contribution < 1.29 is 45.4 Å². The molecular weight excluding hydrogens is 345 g/mol. The summed E-state index contributed by atoms with van der Waals surface area (Å²) in [6.07, 6.45) is -6.62. The molecule has 0 saturated heterocycles. The smallest absolute Gasteiger partial charge is 0.460 e. The Morgan fingerprint density at radius 3 is 2.00 bits per heavy atom. The van der Waals surface area contributed by atoms with Gasteiger partial charge >= 0.3 is 24.0 Å². The van der Waals surface area contributed by atoms with Gasteiger partial charge in [-0.2, -0.15) is 30.7 Å². The average molecular weight is 350 g/mol. The molecule has 0 atom stereocenters. The maximum Gasteiger partial charge on any atom is 0.460 e. The Morgan fingerprint density at radius 1 is 1.00 bits per heavy atom. The van der Waals surface area contributed by atoms with Crippen LogP contribution in [0.5, 0.6) is 0 Å². The highest BCUT2D eigenvalue weighted by Gasteiger charge is 2.76. The first-order valence-corrected chi connectivity index (χ1v) is 6.00. The summed E-state index contributed by atoms with van der Waals surface area (Å²) in [5.74, 6) is -14.0. The summed E-state index contributed by atoms with van der Waals surface area (Å²) in [5.41, 5.74) is -0.455. The number of benzene rings is 1. The molecule has 0 fully saturated rings. The van der Waals surface area contributed by atoms with Crippen molar-refractivity contribution in [1.29, 1.82) is 0 Å². The third-order valence-electron chi connectivity index (χ3n) is 2.30. The number of carboxylic acids is 1. The van der Waals surface area contributed by atoms with Gasteiger partial charge in [0.05, 0.1) is 5.56 Å². The summed E-state index contributed by atoms with van der Waals surface area (Å²) in [6, 6.07) is 3.63. The van der Waals surface area contributed by atoms with Crippen LogP contribution in [0.3, 0.4) is 0 Å². The number of halogens is 7. The molecule has 0 radical (unpaired) electrons. The van der Waals surface area contributed by atoms with Gasteiger partial charge in [-0.05, 0) is 30.0 Å². The molecule has 0 aliphatic heterocycles. The summed E-state index contributed by atoms with van der Waals surface area (Å²) < 4.78 is 87.3. The quantitative estimate of drug-likeness (QED) is 0.662. The van der Waals surface area contributed by atoms with Gasteiger partial charge in [-0.25, -0.2) is 4.79 Å². The molecule has 0 heterocycles. The number of aromatic carboxylic acids is 1. The molecule has 1 rings (SSSR count). The number of carboxylic acid groups (broad SMARTS) is 1. The van der Waals surface area contributed by atoms with E-state index in [0.29, 0.717) is 6.07 Å². The zero-order valence-corrected chi connectivity index (χ0v) is 10.9. The van der Waals surface area contributed by atoms with Gasteiger partial charge in [-0.1, -0.05) is 6.07 Å². The first-order chi connectivity index (χ1) is 9.80. The predicted octanol–water partition coefficient (Wildman–Crippen LogP) is 3.84. The molecule has 0 aliphatic rings. The monoisotopic (exact) mass is 350 g/mol. The molecule has 122 valence electrons. The highest BCUT2D eigenvalue weighted by atomic mass is 32.2. The Bertz CT molecular complexity index is 598. The highest BCUT2D eigenvalue weighted by Crippen LogP contribution is 2.48. The lowest BCUT2D eigenvalue weighted by atomic mass is 10.2. The lowest BCUT2D eigenvalue weighted by molar-refractivity contribution is -0.341. The van der Waals surface area contributed by atoms with Gasteiger partial charge in [0.1, 0.15) is 0 Å². The Hall–Kier alpha value is -1.78. The zero-order chi connectivity index (χ0) is 17.3. The normalized spacial score (nSPS) is 13.0. The van der Waals surface area contributed by atoms with Crippen LogP contribution in [0.2, 0.25) is 0 Å². The SMILES string of the molecule is O=C(O)c1cccc(SC(=O)C(F)(F)C(F)(F)C(F)(F)F)c1. The van der Waals surface area contributed by atoms with Crippen molar-refractivity contribution >= 4 is 22.8 Å². The summed E-state index contributed by atoms with van der Waals surface area (Å²) >= 11 is -0.607. The fourth-order valence-corrected chi connectivity index (χ4v) is 1.97. The van der Waals surface area contributed by atoms with Crippen molar-refractivity contribution in [3.8, 4) is 0 Å². The van der Waals surface area contributed by atoms with Crippen LogP contribution in [-0.2, 0) is 4.79 Å². The molecule has 0 unspecified atom stereocenters. The van der Waals surface area contributed by atoms with E-state index in [1.54, 1.807) is 0 Å². The molecule has 0 aliphatic carbocycles. The van der Waals surface area contributed by atoms with Crippen LogP contribution in [0.1, 0.15) is 10.4 Å². The first-order valence-electron chi connectivity index (χ1n) is 5.18. The molecular formula is C11H5F7O3S. The van der Waals surface area contributed by atoms with E-state index in [2.05, 4.69) is 0 Å². The van der Waals surface area contributed by atoms with E-state index in [1.807, 2.05) is 0 Å². The minimum Gasteiger partial charge on any atom is -0.478 e. The molecule has 1 N–H and O–H groups in total. The van der Waals surface area contributed by atoms with Crippen molar-refractivity contribution in [2.45, 2.75) is 22.9 Å². The van der Waals surface area contributed by atoms with E-state index in [0.717, 1.165) is 18.2 Å². The third kappa shape index (κ3) is 3.34. The van der Waals surface area contributed by atoms with Crippen LogP contribution in [0.15, 0.2) is 29.2 Å². The Morgan fingerprint density at radius 2 is 1.55 bits per heavy atom. The molecule has 22 heavy (non-hydrogen) atoms. The number of carbonyl (C=O) groups excluding carboxylic acids is 1. The number of hydrogen-bond acceptors (Lipinski definition) is 3. The van der Waals surface area contributed by atoms with Crippen LogP contribution in [-0.4, -0.2) is 34.2 Å². The van der Waals surface area contributed by atoms with Crippen LogP contribution in [0.4, 0.5) is 30.7 Å². The molecule has 0 bridgehead atoms. The van der Waals surface area contributed by atoms with Gasteiger partial charge in [0.15, 0.2) is 0 Å². The Balaban J connectivity index is 3.06. The van der Waals surface area contributed by atoms with E-state index < -0.39 is 51.3 Å². The van der Waals surface area contributed by atoms with E-state index >= 15 is 0 Å². The van der Waals surface area contributed by atoms with Crippen LogP contribution < -0.4 is 0 Å². The number of rotatable bonds is 4. The van der Waals surface area contributed by atoms with Crippen molar-refractivity contribution in [3.63, 3.8) is 0 Å². The lowest BCUT2D eigenvalue weighted by Crippen LogP contribution is -2.55. The molecule has 3 nitrogen and oxygen atoms in total. The minimum atomic E-state index is -6.62. The Kier molecular flexibility index (Phi) is 4.80. The maximum absolute atomic E-state index is 13.1. The average Bonchev–Trinajstić information content (AvgIpc) is 2.37. The van der Waals surface area contributed by atoms with E-state index in [9.17, 15) is 40.3 Å². The van der Waals surface area contributed by atoms with Crippen LogP contribution >= 0.6 is 11.8 Å². The molecule has 0 saturated carbocycles. The number of hydrogen-bond donors (Lipinski definition) is 1. The topological polar surface area (TPSA) is 54.4 Å². The molecule has 0 spiro atoms. The van der Waals surface area contributed by atoms with Crippen molar-refractivity contribution in [3.05, 3.63) is 29.8 Å². The first kappa shape index (κ1) is 18.3. The summed E-state index contributed by atoms with van der Waals surface area (Å²) in [7, 11) is 0. The lowest BCUT2D eigenvalue weighted by Gasteiger charge is -2.26. The fraction of sp³-hybridized carbons (Fsp3) is 0.273. The molecule has 0 amide bonds. The number of carbonyl (C=O) groups is 2. The van der Waals surface area contributed by atoms with Crippen molar-refractivity contribution in [2.24, 2.45) is 0 Å². The molecule has 11 heteroatoms. The number of alkyl halides is 7. The summed E-state index contributed by atoms with van der Waals surface area (Å²) in [6.45, 7) is 0. The second kappa shape index (κ2) is 5.78. The number of thioether (sulfide) groups is 1. The highest BCUT2D eigenvalue weighted by molar-refractivity contribution is 8.13. The second-order valence-electron chi connectivity index (χ2n) is 3.87. The van der Waals surface area contributed by atoms with E-state index in [4.69, 9.17) is 5.11 Å². The summed E-state index contributed by atoms with van der Waals surface area (Å²) in [4.78, 5) is 21.2. The van der Waals surface area contributed by atoms with Crippen molar-refractivity contribution in [1.82, 2.24) is 0 Å². The van der Waals surface area contributed by atoms with Gasteiger partial charge in [0.2, 0.25) is 0 Å². The van der Waals surface area contributed by atoms with Crippen molar-refractivity contribution in [2.75, 3.05) is 0 Å². The summed E-state index contributed by atoms with van der Waals surface area (Å²) in [5, 5.41) is 5.88. The fourth-order valence-electron chi connectivity index (χ4n) is 1.17. The zero-order valence-electron chi connectivity index (χ0n) is 10.1.